The number of carbonyl (C=O) groups excluding carboxylic acids is 1. The van der Waals surface area contributed by atoms with E-state index in [-0.39, 0.29) is 5.91 Å². The van der Waals surface area contributed by atoms with Crippen molar-refractivity contribution >= 4 is 11.6 Å². The van der Waals surface area contributed by atoms with Gasteiger partial charge in [-0.1, -0.05) is 42.5 Å². The molecule has 0 unspecified atom stereocenters. The zero-order valence-corrected chi connectivity index (χ0v) is 16.8. The molecular formula is C25H23N3O2. The first kappa shape index (κ1) is 19.5. The van der Waals surface area contributed by atoms with Crippen molar-refractivity contribution in [1.29, 1.82) is 0 Å². The van der Waals surface area contributed by atoms with Gasteiger partial charge in [0.25, 0.3) is 5.91 Å². The molecule has 0 saturated carbocycles. The molecule has 4 aromatic rings. The van der Waals surface area contributed by atoms with Gasteiger partial charge in [-0.25, -0.2) is 4.98 Å². The molecule has 0 spiro atoms. The minimum Gasteiger partial charge on any atom is -0.489 e. The zero-order chi connectivity index (χ0) is 20.8. The molecular weight excluding hydrogens is 374 g/mol. The maximum absolute atomic E-state index is 12.5. The SMILES string of the molecule is Cc1nccn1Cc1ccc(C(=O)Nc2ccc(OCc3ccccc3)cc2)cc1. The third-order valence-electron chi connectivity index (χ3n) is 4.85. The van der Waals surface area contributed by atoms with Gasteiger partial charge in [-0.15, -0.1) is 0 Å². The number of ether oxygens (including phenoxy) is 1. The molecule has 3 aromatic carbocycles. The highest BCUT2D eigenvalue weighted by atomic mass is 16.5. The number of benzene rings is 3. The number of amides is 1. The second-order valence-electron chi connectivity index (χ2n) is 7.05. The van der Waals surface area contributed by atoms with Crippen molar-refractivity contribution in [3.8, 4) is 5.75 Å². The Morgan fingerprint density at radius 1 is 0.933 bits per heavy atom. The van der Waals surface area contributed by atoms with Crippen molar-refractivity contribution in [2.45, 2.75) is 20.1 Å². The van der Waals surface area contributed by atoms with Crippen LogP contribution < -0.4 is 10.1 Å². The van der Waals surface area contributed by atoms with Gasteiger partial charge < -0.3 is 14.6 Å². The molecule has 1 heterocycles. The summed E-state index contributed by atoms with van der Waals surface area (Å²) >= 11 is 0. The Morgan fingerprint density at radius 3 is 2.33 bits per heavy atom. The predicted octanol–water partition coefficient (Wildman–Crippen LogP) is 5.07. The second-order valence-corrected chi connectivity index (χ2v) is 7.05. The molecule has 4 rings (SSSR count). The molecule has 1 aromatic heterocycles. The number of carbonyl (C=O) groups is 1. The largest absolute Gasteiger partial charge is 0.489 e. The van der Waals surface area contributed by atoms with E-state index in [0.29, 0.717) is 12.2 Å². The standard InChI is InChI=1S/C25H23N3O2/c1-19-26-15-16-28(19)17-20-7-9-22(10-8-20)25(29)27-23-11-13-24(14-12-23)30-18-21-5-3-2-4-6-21/h2-16H,17-18H2,1H3,(H,27,29). The molecule has 0 saturated heterocycles. The summed E-state index contributed by atoms with van der Waals surface area (Å²) in [5, 5.41) is 2.92. The number of hydrogen-bond donors (Lipinski definition) is 1. The van der Waals surface area contributed by atoms with E-state index in [4.69, 9.17) is 4.74 Å². The predicted molar refractivity (Wildman–Crippen MR) is 118 cm³/mol. The van der Waals surface area contributed by atoms with E-state index in [1.807, 2.05) is 92.0 Å². The van der Waals surface area contributed by atoms with Gasteiger partial charge in [0, 0.05) is 30.2 Å². The van der Waals surface area contributed by atoms with Gasteiger partial charge in [-0.2, -0.15) is 0 Å². The molecule has 1 N–H and O–H groups in total. The normalized spacial score (nSPS) is 10.6. The van der Waals surface area contributed by atoms with Crippen LogP contribution in [-0.2, 0) is 13.2 Å². The number of hydrogen-bond acceptors (Lipinski definition) is 3. The fourth-order valence-corrected chi connectivity index (χ4v) is 3.11. The summed E-state index contributed by atoms with van der Waals surface area (Å²) in [6.07, 6.45) is 3.73. The fourth-order valence-electron chi connectivity index (χ4n) is 3.11. The Kier molecular flexibility index (Phi) is 5.90. The summed E-state index contributed by atoms with van der Waals surface area (Å²) in [6.45, 7) is 3.22. The van der Waals surface area contributed by atoms with Crippen LogP contribution in [0.1, 0.15) is 27.3 Å². The van der Waals surface area contributed by atoms with Gasteiger partial charge in [-0.05, 0) is 54.4 Å². The number of imidazole rings is 1. The number of rotatable bonds is 7. The van der Waals surface area contributed by atoms with E-state index >= 15 is 0 Å². The summed E-state index contributed by atoms with van der Waals surface area (Å²) in [7, 11) is 0. The molecule has 0 aliphatic heterocycles. The lowest BCUT2D eigenvalue weighted by Crippen LogP contribution is -2.12. The van der Waals surface area contributed by atoms with Crippen molar-refractivity contribution < 1.29 is 9.53 Å². The van der Waals surface area contributed by atoms with Crippen LogP contribution in [0.25, 0.3) is 0 Å². The Bertz CT molecular complexity index is 1100. The van der Waals surface area contributed by atoms with Gasteiger partial charge in [0.05, 0.1) is 0 Å². The van der Waals surface area contributed by atoms with Crippen LogP contribution in [0.5, 0.6) is 5.75 Å². The van der Waals surface area contributed by atoms with Crippen molar-refractivity contribution in [3.05, 3.63) is 114 Å². The van der Waals surface area contributed by atoms with Crippen molar-refractivity contribution in [2.24, 2.45) is 0 Å². The number of aryl methyl sites for hydroxylation is 1. The molecule has 0 atom stereocenters. The highest BCUT2D eigenvalue weighted by molar-refractivity contribution is 6.04. The van der Waals surface area contributed by atoms with E-state index in [1.165, 1.54) is 0 Å². The lowest BCUT2D eigenvalue weighted by Gasteiger charge is -2.09. The third-order valence-corrected chi connectivity index (χ3v) is 4.85. The highest BCUT2D eigenvalue weighted by Gasteiger charge is 2.07. The number of anilines is 1. The van der Waals surface area contributed by atoms with Crippen LogP contribution in [-0.4, -0.2) is 15.5 Å². The van der Waals surface area contributed by atoms with Gasteiger partial charge >= 0.3 is 0 Å². The number of nitrogens with zero attached hydrogens (tertiary/aromatic N) is 2. The highest BCUT2D eigenvalue weighted by Crippen LogP contribution is 2.18. The van der Waals surface area contributed by atoms with Crippen LogP contribution in [0, 0.1) is 6.92 Å². The lowest BCUT2D eigenvalue weighted by atomic mass is 10.1. The Labute approximate surface area is 176 Å². The second kappa shape index (κ2) is 9.09. The van der Waals surface area contributed by atoms with Crippen LogP contribution in [0.4, 0.5) is 5.69 Å². The molecule has 0 radical (unpaired) electrons. The van der Waals surface area contributed by atoms with E-state index in [2.05, 4.69) is 14.9 Å². The van der Waals surface area contributed by atoms with Gasteiger partial charge in [0.1, 0.15) is 18.2 Å². The van der Waals surface area contributed by atoms with Crippen LogP contribution in [0.3, 0.4) is 0 Å². The van der Waals surface area contributed by atoms with Gasteiger partial charge in [0.2, 0.25) is 0 Å². The Balaban J connectivity index is 1.32. The van der Waals surface area contributed by atoms with E-state index in [0.717, 1.165) is 34.9 Å². The van der Waals surface area contributed by atoms with E-state index < -0.39 is 0 Å². The molecule has 150 valence electrons. The monoisotopic (exact) mass is 397 g/mol. The average molecular weight is 397 g/mol. The minimum atomic E-state index is -0.140. The molecule has 30 heavy (non-hydrogen) atoms. The first-order valence-electron chi connectivity index (χ1n) is 9.82. The number of aromatic nitrogens is 2. The van der Waals surface area contributed by atoms with Gasteiger partial charge in [0.15, 0.2) is 0 Å². The van der Waals surface area contributed by atoms with E-state index in [9.17, 15) is 4.79 Å². The summed E-state index contributed by atoms with van der Waals surface area (Å²) in [5.41, 5.74) is 3.57. The minimum absolute atomic E-state index is 0.140. The molecule has 1 amide bonds. The van der Waals surface area contributed by atoms with Crippen LogP contribution in [0.2, 0.25) is 0 Å². The summed E-state index contributed by atoms with van der Waals surface area (Å²) in [5.74, 6) is 1.59. The lowest BCUT2D eigenvalue weighted by molar-refractivity contribution is 0.102. The van der Waals surface area contributed by atoms with Crippen molar-refractivity contribution in [2.75, 3.05) is 5.32 Å². The maximum atomic E-state index is 12.5. The molecule has 0 fully saturated rings. The summed E-state index contributed by atoms with van der Waals surface area (Å²) in [4.78, 5) is 16.8. The molecule has 5 heteroatoms. The van der Waals surface area contributed by atoms with Crippen molar-refractivity contribution in [1.82, 2.24) is 9.55 Å². The smallest absolute Gasteiger partial charge is 0.255 e. The summed E-state index contributed by atoms with van der Waals surface area (Å²) < 4.78 is 7.85. The quantitative estimate of drug-likeness (QED) is 0.474. The van der Waals surface area contributed by atoms with Crippen LogP contribution in [0.15, 0.2) is 91.3 Å². The molecule has 0 bridgehead atoms. The topological polar surface area (TPSA) is 56.2 Å². The van der Waals surface area contributed by atoms with E-state index in [1.54, 1.807) is 6.20 Å². The Morgan fingerprint density at radius 2 is 1.67 bits per heavy atom. The zero-order valence-electron chi connectivity index (χ0n) is 16.8. The molecule has 0 aliphatic rings. The first-order chi connectivity index (χ1) is 14.7. The summed E-state index contributed by atoms with van der Waals surface area (Å²) in [6, 6.07) is 25.0. The van der Waals surface area contributed by atoms with Gasteiger partial charge in [-0.3, -0.25) is 4.79 Å². The fraction of sp³-hybridized carbons (Fsp3) is 0.120. The third kappa shape index (κ3) is 4.94. The Hall–Kier alpha value is -3.86. The van der Waals surface area contributed by atoms with Crippen LogP contribution >= 0.6 is 0 Å². The maximum Gasteiger partial charge on any atom is 0.255 e. The number of nitrogens with one attached hydrogen (secondary N) is 1. The van der Waals surface area contributed by atoms with Crippen molar-refractivity contribution in [3.63, 3.8) is 0 Å². The average Bonchev–Trinajstić information content (AvgIpc) is 3.19. The first-order valence-corrected chi connectivity index (χ1v) is 9.82. The molecule has 5 nitrogen and oxygen atoms in total. The molecule has 0 aliphatic carbocycles.